The maximum Gasteiger partial charge on any atom is 0.291 e. The largest absolute Gasteiger partial charge is 0.382 e. The number of rotatable bonds is 3. The summed E-state index contributed by atoms with van der Waals surface area (Å²) in [6.07, 6.45) is 3.56. The number of anilines is 1. The second kappa shape index (κ2) is 4.05. The molecule has 4 nitrogen and oxygen atoms in total. The van der Waals surface area contributed by atoms with Gasteiger partial charge in [0, 0.05) is 6.54 Å². The molecule has 2 N–H and O–H groups in total. The van der Waals surface area contributed by atoms with Crippen molar-refractivity contribution in [3.05, 3.63) is 12.3 Å². The summed E-state index contributed by atoms with van der Waals surface area (Å²) in [4.78, 5) is 5.96. The Hall–Kier alpha value is -1.10. The molecule has 0 aliphatic carbocycles. The Balaban J connectivity index is 2.13. The Labute approximate surface area is 95.2 Å². The molecule has 2 heterocycles. The third-order valence-corrected chi connectivity index (χ3v) is 3.14. The summed E-state index contributed by atoms with van der Waals surface area (Å²) in [6.45, 7) is 7.06. The molecule has 90 valence electrons. The molecule has 0 unspecified atom stereocenters. The zero-order valence-corrected chi connectivity index (χ0v) is 9.91. The van der Waals surface area contributed by atoms with Gasteiger partial charge in [-0.3, -0.25) is 4.57 Å². The number of nitrogen functional groups attached to an aromatic ring is 1. The van der Waals surface area contributed by atoms with E-state index in [1.54, 1.807) is 6.20 Å². The predicted molar refractivity (Wildman–Crippen MR) is 61.6 cm³/mol. The molecule has 0 saturated carbocycles. The van der Waals surface area contributed by atoms with E-state index in [2.05, 4.69) is 9.88 Å². The summed E-state index contributed by atoms with van der Waals surface area (Å²) in [5.74, 6) is 0.243. The third kappa shape index (κ3) is 2.19. The molecule has 0 amide bonds. The van der Waals surface area contributed by atoms with Gasteiger partial charge in [-0.25, -0.2) is 0 Å². The fourth-order valence-electron chi connectivity index (χ4n) is 2.36. The van der Waals surface area contributed by atoms with Crippen molar-refractivity contribution in [2.75, 3.05) is 25.4 Å². The van der Waals surface area contributed by atoms with Gasteiger partial charge in [-0.05, 0) is 39.8 Å². The first-order chi connectivity index (χ1) is 7.49. The summed E-state index contributed by atoms with van der Waals surface area (Å²) in [7, 11) is 0. The van der Waals surface area contributed by atoms with Crippen molar-refractivity contribution in [3.63, 3.8) is 0 Å². The van der Waals surface area contributed by atoms with Gasteiger partial charge in [0.1, 0.15) is 5.82 Å². The Morgan fingerprint density at radius 1 is 1.44 bits per heavy atom. The number of halogens is 1. The van der Waals surface area contributed by atoms with Gasteiger partial charge in [0.15, 0.2) is 0 Å². The minimum atomic E-state index is -0.498. The van der Waals surface area contributed by atoms with E-state index >= 15 is 0 Å². The van der Waals surface area contributed by atoms with E-state index in [-0.39, 0.29) is 11.4 Å². The fourth-order valence-corrected chi connectivity index (χ4v) is 2.36. The summed E-state index contributed by atoms with van der Waals surface area (Å²) >= 11 is 0. The lowest BCUT2D eigenvalue weighted by molar-refractivity contribution is 0.193. The molecule has 5 heteroatoms. The summed E-state index contributed by atoms with van der Waals surface area (Å²) in [6, 6.07) is 0. The second-order valence-corrected chi connectivity index (χ2v) is 5.10. The summed E-state index contributed by atoms with van der Waals surface area (Å²) < 4.78 is 15.1. The van der Waals surface area contributed by atoms with E-state index in [0.29, 0.717) is 0 Å². The lowest BCUT2D eigenvalue weighted by atomic mass is 10.1. The molecular formula is C11H19FN4. The number of aromatic nitrogens is 2. The van der Waals surface area contributed by atoms with E-state index in [9.17, 15) is 4.39 Å². The number of hydrogen-bond donors (Lipinski definition) is 1. The first-order valence-electron chi connectivity index (χ1n) is 5.72. The van der Waals surface area contributed by atoms with Gasteiger partial charge in [-0.2, -0.15) is 9.37 Å². The van der Waals surface area contributed by atoms with Crippen LogP contribution in [0.1, 0.15) is 26.7 Å². The van der Waals surface area contributed by atoms with Crippen molar-refractivity contribution in [1.29, 1.82) is 0 Å². The lowest BCUT2D eigenvalue weighted by Crippen LogP contribution is -2.40. The molecule has 1 aromatic rings. The van der Waals surface area contributed by atoms with Crippen LogP contribution >= 0.6 is 0 Å². The highest BCUT2D eigenvalue weighted by Gasteiger charge is 2.28. The van der Waals surface area contributed by atoms with E-state index < -0.39 is 6.08 Å². The van der Waals surface area contributed by atoms with Crippen molar-refractivity contribution >= 4 is 5.82 Å². The van der Waals surface area contributed by atoms with E-state index in [1.807, 2.05) is 13.8 Å². The zero-order valence-electron chi connectivity index (χ0n) is 9.91. The van der Waals surface area contributed by atoms with Crippen LogP contribution in [-0.4, -0.2) is 34.1 Å². The van der Waals surface area contributed by atoms with Crippen LogP contribution in [0.3, 0.4) is 0 Å². The number of nitrogens with zero attached hydrogens (tertiary/aromatic N) is 3. The van der Waals surface area contributed by atoms with Crippen molar-refractivity contribution in [3.8, 4) is 0 Å². The molecule has 1 saturated heterocycles. The molecule has 0 bridgehead atoms. The maximum atomic E-state index is 13.5. The molecule has 0 spiro atoms. The van der Waals surface area contributed by atoms with Crippen LogP contribution < -0.4 is 5.73 Å². The van der Waals surface area contributed by atoms with E-state index in [1.165, 1.54) is 17.4 Å². The maximum absolute atomic E-state index is 13.5. The standard InChI is InChI=1S/C11H19FN4/c1-11(2,8-15-5-3-4-6-15)16-7-9(13)14-10(16)12/h7H,3-6,8,13H2,1-2H3. The molecule has 0 radical (unpaired) electrons. The van der Waals surface area contributed by atoms with Gasteiger partial charge >= 0.3 is 0 Å². The molecule has 1 fully saturated rings. The van der Waals surface area contributed by atoms with Gasteiger partial charge in [-0.1, -0.05) is 0 Å². The van der Waals surface area contributed by atoms with Crippen molar-refractivity contribution in [2.45, 2.75) is 32.2 Å². The van der Waals surface area contributed by atoms with Gasteiger partial charge in [0.05, 0.1) is 11.7 Å². The zero-order chi connectivity index (χ0) is 11.8. The quantitative estimate of drug-likeness (QED) is 0.848. The Kier molecular flexibility index (Phi) is 2.88. The van der Waals surface area contributed by atoms with E-state index in [4.69, 9.17) is 5.73 Å². The molecule has 16 heavy (non-hydrogen) atoms. The highest BCUT2D eigenvalue weighted by Crippen LogP contribution is 2.22. The summed E-state index contributed by atoms with van der Waals surface area (Å²) in [5, 5.41) is 0. The highest BCUT2D eigenvalue weighted by molar-refractivity contribution is 5.24. The van der Waals surface area contributed by atoms with Crippen LogP contribution in [0.5, 0.6) is 0 Å². The Morgan fingerprint density at radius 2 is 2.06 bits per heavy atom. The van der Waals surface area contributed by atoms with Crippen molar-refractivity contribution in [1.82, 2.24) is 14.5 Å². The third-order valence-electron chi connectivity index (χ3n) is 3.14. The molecule has 1 aliphatic heterocycles. The summed E-state index contributed by atoms with van der Waals surface area (Å²) in [5.41, 5.74) is 5.19. The minimum Gasteiger partial charge on any atom is -0.382 e. The lowest BCUT2D eigenvalue weighted by Gasteiger charge is -2.31. The van der Waals surface area contributed by atoms with Gasteiger partial charge < -0.3 is 10.6 Å². The van der Waals surface area contributed by atoms with Gasteiger partial charge in [0.2, 0.25) is 0 Å². The minimum absolute atomic E-state index is 0.243. The second-order valence-electron chi connectivity index (χ2n) is 5.10. The van der Waals surface area contributed by atoms with Gasteiger partial charge in [0.25, 0.3) is 6.08 Å². The normalized spacial score (nSPS) is 18.2. The molecule has 2 rings (SSSR count). The first-order valence-corrected chi connectivity index (χ1v) is 5.72. The van der Waals surface area contributed by atoms with Crippen molar-refractivity contribution in [2.24, 2.45) is 0 Å². The number of hydrogen-bond acceptors (Lipinski definition) is 3. The van der Waals surface area contributed by atoms with Crippen LogP contribution in [0.2, 0.25) is 0 Å². The van der Waals surface area contributed by atoms with E-state index in [0.717, 1.165) is 19.6 Å². The van der Waals surface area contributed by atoms with Crippen LogP contribution in [0.4, 0.5) is 10.2 Å². The Bertz CT molecular complexity index is 366. The number of likely N-dealkylation sites (tertiary alicyclic amines) is 1. The average Bonchev–Trinajstić information content (AvgIpc) is 2.75. The van der Waals surface area contributed by atoms with Crippen LogP contribution in [0.25, 0.3) is 0 Å². The number of imidazole rings is 1. The monoisotopic (exact) mass is 226 g/mol. The first kappa shape index (κ1) is 11.4. The average molecular weight is 226 g/mol. The van der Waals surface area contributed by atoms with Crippen LogP contribution in [-0.2, 0) is 5.54 Å². The van der Waals surface area contributed by atoms with Crippen molar-refractivity contribution < 1.29 is 4.39 Å². The molecular weight excluding hydrogens is 207 g/mol. The Morgan fingerprint density at radius 3 is 2.56 bits per heavy atom. The number of nitrogens with two attached hydrogens (primary N) is 1. The molecule has 0 atom stereocenters. The fraction of sp³-hybridized carbons (Fsp3) is 0.727. The smallest absolute Gasteiger partial charge is 0.291 e. The molecule has 1 aliphatic rings. The molecule has 0 aromatic carbocycles. The van der Waals surface area contributed by atoms with Crippen LogP contribution in [0.15, 0.2) is 6.20 Å². The van der Waals surface area contributed by atoms with Gasteiger partial charge in [-0.15, -0.1) is 0 Å². The topological polar surface area (TPSA) is 47.1 Å². The molecule has 1 aromatic heterocycles. The highest BCUT2D eigenvalue weighted by atomic mass is 19.1. The van der Waals surface area contributed by atoms with Crippen LogP contribution in [0, 0.1) is 6.08 Å². The SMILES string of the molecule is CC(C)(CN1CCCC1)n1cc(N)nc1F. The predicted octanol–water partition coefficient (Wildman–Crippen LogP) is 1.44.